The Hall–Kier alpha value is -2.57. The maximum atomic E-state index is 4.02. The van der Waals surface area contributed by atoms with E-state index in [0.29, 0.717) is 12.4 Å². The van der Waals surface area contributed by atoms with Gasteiger partial charge in [0.15, 0.2) is 5.82 Å². The molecule has 7 nitrogen and oxygen atoms in total. The highest BCUT2D eigenvalue weighted by molar-refractivity contribution is 5.30. The molecule has 0 radical (unpaired) electrons. The van der Waals surface area contributed by atoms with Crippen molar-refractivity contribution in [2.45, 2.75) is 6.54 Å². The van der Waals surface area contributed by atoms with Crippen molar-refractivity contribution in [1.29, 1.82) is 0 Å². The van der Waals surface area contributed by atoms with Crippen molar-refractivity contribution in [3.63, 3.8) is 0 Å². The zero-order chi connectivity index (χ0) is 11.5. The fourth-order valence-electron chi connectivity index (χ4n) is 1.53. The Morgan fingerprint density at radius 2 is 2.00 bits per heavy atom. The normalized spacial score (nSPS) is 10.6. The summed E-state index contributed by atoms with van der Waals surface area (Å²) in [6, 6.07) is 9.72. The molecule has 0 aliphatic carbocycles. The predicted octanol–water partition coefficient (Wildman–Crippen LogP) is 0.302. The van der Waals surface area contributed by atoms with Crippen molar-refractivity contribution in [2.75, 3.05) is 0 Å². The van der Waals surface area contributed by atoms with Crippen molar-refractivity contribution in [3.8, 4) is 5.69 Å². The highest BCUT2D eigenvalue weighted by Crippen LogP contribution is 2.07. The van der Waals surface area contributed by atoms with Gasteiger partial charge in [-0.2, -0.15) is 9.78 Å². The predicted molar refractivity (Wildman–Crippen MR) is 58.3 cm³/mol. The van der Waals surface area contributed by atoms with Crippen LogP contribution in [0.2, 0.25) is 0 Å². The van der Waals surface area contributed by atoms with Gasteiger partial charge in [-0.05, 0) is 22.6 Å². The maximum Gasteiger partial charge on any atom is 0.178 e. The Bertz CT molecular complexity index is 584. The fourth-order valence-corrected chi connectivity index (χ4v) is 1.53. The molecule has 0 bridgehead atoms. The summed E-state index contributed by atoms with van der Waals surface area (Å²) in [6.07, 6.45) is 3.11. The summed E-state index contributed by atoms with van der Waals surface area (Å²) < 4.78 is 3.35. The molecule has 2 heterocycles. The molecule has 7 heteroatoms. The van der Waals surface area contributed by atoms with E-state index < -0.39 is 0 Å². The van der Waals surface area contributed by atoms with Gasteiger partial charge in [0.2, 0.25) is 0 Å². The van der Waals surface area contributed by atoms with Crippen LogP contribution >= 0.6 is 0 Å². The summed E-state index contributed by atoms with van der Waals surface area (Å²) in [5, 5.41) is 15.6. The minimum absolute atomic E-state index is 0.488. The number of tetrazole rings is 1. The monoisotopic (exact) mass is 227 g/mol. The Morgan fingerprint density at radius 1 is 1.12 bits per heavy atom. The summed E-state index contributed by atoms with van der Waals surface area (Å²) in [6.45, 7) is 0.488. The number of hydrogen-bond acceptors (Lipinski definition) is 5. The van der Waals surface area contributed by atoms with E-state index in [1.807, 2.05) is 30.3 Å². The quantitative estimate of drug-likeness (QED) is 0.643. The minimum atomic E-state index is 0.488. The number of nitrogens with zero attached hydrogens (tertiary/aromatic N) is 7. The second-order valence-electron chi connectivity index (χ2n) is 3.44. The van der Waals surface area contributed by atoms with Crippen LogP contribution in [0.1, 0.15) is 5.82 Å². The van der Waals surface area contributed by atoms with Crippen LogP contribution in [0.5, 0.6) is 0 Å². The van der Waals surface area contributed by atoms with Gasteiger partial charge in [0, 0.05) is 0 Å². The van der Waals surface area contributed by atoms with E-state index in [2.05, 4.69) is 25.6 Å². The molecule has 17 heavy (non-hydrogen) atoms. The molecule has 3 rings (SSSR count). The molecule has 0 fully saturated rings. The third kappa shape index (κ3) is 1.89. The molecule has 84 valence electrons. The lowest BCUT2D eigenvalue weighted by Gasteiger charge is -2.03. The van der Waals surface area contributed by atoms with E-state index in [4.69, 9.17) is 0 Å². The van der Waals surface area contributed by atoms with Crippen molar-refractivity contribution >= 4 is 0 Å². The summed E-state index contributed by atoms with van der Waals surface area (Å²) in [5.41, 5.74) is 0.924. The summed E-state index contributed by atoms with van der Waals surface area (Å²) in [4.78, 5) is 3.88. The maximum absolute atomic E-state index is 4.02. The van der Waals surface area contributed by atoms with E-state index in [0.717, 1.165) is 5.69 Å². The second kappa shape index (κ2) is 4.12. The van der Waals surface area contributed by atoms with Gasteiger partial charge in [-0.1, -0.05) is 18.2 Å². The number of benzene rings is 1. The number of hydrogen-bond donors (Lipinski definition) is 0. The van der Waals surface area contributed by atoms with E-state index in [1.165, 1.54) is 6.33 Å². The Labute approximate surface area is 96.7 Å². The van der Waals surface area contributed by atoms with Gasteiger partial charge in [0.05, 0.1) is 5.69 Å². The average molecular weight is 227 g/mol. The zero-order valence-electron chi connectivity index (χ0n) is 8.88. The van der Waals surface area contributed by atoms with Gasteiger partial charge >= 0.3 is 0 Å². The standard InChI is InChI=1S/C10H9N7/c1-2-4-9(5-3-1)17-10(13-14-15-17)6-16-8-11-7-12-16/h1-5,7-8H,6H2. The van der Waals surface area contributed by atoms with Crippen LogP contribution in [0, 0.1) is 0 Å². The SMILES string of the molecule is c1ccc(-n2nnnc2Cn2cncn2)cc1. The Morgan fingerprint density at radius 3 is 2.76 bits per heavy atom. The molecular weight excluding hydrogens is 218 g/mol. The molecule has 0 amide bonds. The second-order valence-corrected chi connectivity index (χ2v) is 3.44. The van der Waals surface area contributed by atoms with Crippen LogP contribution in [0.15, 0.2) is 43.0 Å². The van der Waals surface area contributed by atoms with Crippen LogP contribution in [0.4, 0.5) is 0 Å². The fraction of sp³-hybridized carbons (Fsp3) is 0.100. The first-order valence-corrected chi connectivity index (χ1v) is 5.08. The molecule has 2 aromatic heterocycles. The lowest BCUT2D eigenvalue weighted by Crippen LogP contribution is -2.08. The largest absolute Gasteiger partial charge is 0.245 e. The van der Waals surface area contributed by atoms with Gasteiger partial charge < -0.3 is 0 Å². The van der Waals surface area contributed by atoms with Crippen LogP contribution in [-0.4, -0.2) is 35.0 Å². The van der Waals surface area contributed by atoms with Crippen LogP contribution in [0.3, 0.4) is 0 Å². The van der Waals surface area contributed by atoms with E-state index in [9.17, 15) is 0 Å². The van der Waals surface area contributed by atoms with Crippen molar-refractivity contribution < 1.29 is 0 Å². The van der Waals surface area contributed by atoms with Gasteiger partial charge in [-0.3, -0.25) is 0 Å². The van der Waals surface area contributed by atoms with E-state index in [1.54, 1.807) is 15.7 Å². The summed E-state index contributed by atoms with van der Waals surface area (Å²) in [5.74, 6) is 0.710. The summed E-state index contributed by atoms with van der Waals surface area (Å²) in [7, 11) is 0. The molecule has 0 unspecified atom stereocenters. The van der Waals surface area contributed by atoms with E-state index in [-0.39, 0.29) is 0 Å². The first kappa shape index (κ1) is 9.64. The van der Waals surface area contributed by atoms with Crippen LogP contribution in [-0.2, 0) is 6.54 Å². The van der Waals surface area contributed by atoms with Gasteiger partial charge in [-0.25, -0.2) is 9.67 Å². The van der Waals surface area contributed by atoms with Gasteiger partial charge in [0.25, 0.3) is 0 Å². The molecule has 0 N–H and O–H groups in total. The van der Waals surface area contributed by atoms with Crippen molar-refractivity contribution in [3.05, 3.63) is 48.8 Å². The molecule has 3 aromatic rings. The van der Waals surface area contributed by atoms with Crippen LogP contribution < -0.4 is 0 Å². The lowest BCUT2D eigenvalue weighted by atomic mass is 10.3. The molecule has 0 saturated carbocycles. The topological polar surface area (TPSA) is 74.3 Å². The number of rotatable bonds is 3. The molecular formula is C10H9N7. The van der Waals surface area contributed by atoms with Crippen molar-refractivity contribution in [1.82, 2.24) is 35.0 Å². The highest BCUT2D eigenvalue weighted by atomic mass is 15.6. The Balaban J connectivity index is 1.95. The first-order chi connectivity index (χ1) is 8.43. The average Bonchev–Trinajstić information content (AvgIpc) is 3.02. The zero-order valence-corrected chi connectivity index (χ0v) is 8.88. The third-order valence-electron chi connectivity index (χ3n) is 2.30. The van der Waals surface area contributed by atoms with Crippen LogP contribution in [0.25, 0.3) is 5.69 Å². The number of para-hydroxylation sites is 1. The molecule has 0 saturated heterocycles. The molecule has 0 spiro atoms. The smallest absolute Gasteiger partial charge is 0.178 e. The number of aromatic nitrogens is 7. The third-order valence-corrected chi connectivity index (χ3v) is 2.30. The first-order valence-electron chi connectivity index (χ1n) is 5.08. The molecule has 1 aromatic carbocycles. The van der Waals surface area contributed by atoms with Gasteiger partial charge in [0.1, 0.15) is 19.2 Å². The highest BCUT2D eigenvalue weighted by Gasteiger charge is 2.08. The van der Waals surface area contributed by atoms with E-state index >= 15 is 0 Å². The Kier molecular flexibility index (Phi) is 2.34. The molecule has 0 aliphatic heterocycles. The lowest BCUT2D eigenvalue weighted by molar-refractivity contribution is 0.633. The molecule has 0 aliphatic rings. The molecule has 0 atom stereocenters. The van der Waals surface area contributed by atoms with Crippen molar-refractivity contribution in [2.24, 2.45) is 0 Å². The summed E-state index contributed by atoms with van der Waals surface area (Å²) >= 11 is 0. The van der Waals surface area contributed by atoms with Gasteiger partial charge in [-0.15, -0.1) is 5.10 Å². The minimum Gasteiger partial charge on any atom is -0.245 e.